The lowest BCUT2D eigenvalue weighted by Crippen LogP contribution is -2.43. The molecule has 2 fully saturated rings. The first kappa shape index (κ1) is 31.9. The molecule has 2 heterocycles. The molecule has 232 valence electrons. The molecule has 2 atom stereocenters. The van der Waals surface area contributed by atoms with E-state index in [4.69, 9.17) is 13.9 Å². The maximum atomic E-state index is 15.4. The second-order valence-corrected chi connectivity index (χ2v) is 16.9. The highest BCUT2D eigenvalue weighted by Gasteiger charge is 2.45. The summed E-state index contributed by atoms with van der Waals surface area (Å²) in [6.07, 6.45) is 2.48. The van der Waals surface area contributed by atoms with E-state index >= 15 is 4.39 Å². The summed E-state index contributed by atoms with van der Waals surface area (Å²) < 4.78 is 49.7. The Morgan fingerprint density at radius 1 is 1.10 bits per heavy atom. The minimum Gasteiger partial charge on any atom is -0.486 e. The maximum Gasteiger partial charge on any atom is 0.410 e. The molecule has 42 heavy (non-hydrogen) atoms. The van der Waals surface area contributed by atoms with Crippen LogP contribution in [0.25, 0.3) is 10.9 Å². The molecule has 0 spiro atoms. The topological polar surface area (TPSA) is 107 Å². The van der Waals surface area contributed by atoms with Gasteiger partial charge in [0.1, 0.15) is 17.8 Å². The molecule has 1 saturated carbocycles. The zero-order valence-electron chi connectivity index (χ0n) is 25.7. The smallest absolute Gasteiger partial charge is 0.410 e. The third-order valence-electron chi connectivity index (χ3n) is 7.66. The number of aromatic nitrogens is 1. The van der Waals surface area contributed by atoms with E-state index in [0.29, 0.717) is 25.8 Å². The lowest BCUT2D eigenvalue weighted by molar-refractivity contribution is 0.0145. The van der Waals surface area contributed by atoms with Crippen LogP contribution in [0.4, 0.5) is 13.6 Å². The molecule has 1 amide bonds. The normalized spacial score (nSPS) is 20.1. The van der Waals surface area contributed by atoms with Crippen molar-refractivity contribution in [3.05, 3.63) is 39.7 Å². The molecule has 9 nitrogen and oxygen atoms in total. The highest BCUT2D eigenvalue weighted by molar-refractivity contribution is 6.31. The number of carboxylic acid groups (broad SMARTS) is 1. The largest absolute Gasteiger partial charge is 0.486 e. The number of hydrogen-bond acceptors (Lipinski definition) is 6. The molecule has 1 aliphatic heterocycles. The average Bonchev–Trinajstić information content (AvgIpc) is 3.60. The van der Waals surface area contributed by atoms with Gasteiger partial charge in [-0.3, -0.25) is 4.79 Å². The molecular formula is C30H42F2N2O7Si. The fraction of sp³-hybridized carbons (Fsp3) is 0.633. The van der Waals surface area contributed by atoms with Gasteiger partial charge in [-0.2, -0.15) is 4.39 Å². The monoisotopic (exact) mass is 608 g/mol. The van der Waals surface area contributed by atoms with Crippen LogP contribution in [0.1, 0.15) is 91.1 Å². The number of nitrogens with zero attached hydrogens (tertiary/aromatic N) is 2. The van der Waals surface area contributed by atoms with Gasteiger partial charge in [0, 0.05) is 24.7 Å². The van der Waals surface area contributed by atoms with Crippen LogP contribution in [0, 0.1) is 17.6 Å². The van der Waals surface area contributed by atoms with Gasteiger partial charge >= 0.3 is 12.1 Å². The van der Waals surface area contributed by atoms with Crippen LogP contribution in [-0.4, -0.2) is 66.8 Å². The van der Waals surface area contributed by atoms with Gasteiger partial charge in [0.2, 0.25) is 11.2 Å². The standard InChI is InChI=1S/C30H42F2N2O7Si/c1-28(2,3)40-27(38)34-13-16(30(7,8)41-42-29(4,5)6)11-18(34)15-39-25-22(32)21(31)12-19-23(25)33(17-9-10-17)14-20(24(19)35)26(36)37/h12,14,16-18H,9-11,13,15,42H2,1-8H3,(H,36,37)/t16-,18+/m1/s1. The quantitative estimate of drug-likeness (QED) is 0.399. The molecule has 1 aliphatic carbocycles. The number of fused-ring (bicyclic) bond motifs is 1. The van der Waals surface area contributed by atoms with Crippen LogP contribution < -0.4 is 10.2 Å². The summed E-state index contributed by atoms with van der Waals surface area (Å²) in [6, 6.07) is 0.00143. The van der Waals surface area contributed by atoms with Crippen LogP contribution >= 0.6 is 0 Å². The van der Waals surface area contributed by atoms with Crippen molar-refractivity contribution in [3.63, 3.8) is 0 Å². The van der Waals surface area contributed by atoms with Crippen LogP contribution in [0.3, 0.4) is 0 Å². The number of halogens is 2. The van der Waals surface area contributed by atoms with E-state index in [2.05, 4.69) is 20.8 Å². The summed E-state index contributed by atoms with van der Waals surface area (Å²) >= 11 is 0. The first-order chi connectivity index (χ1) is 19.3. The molecule has 12 heteroatoms. The second kappa shape index (κ2) is 11.3. The number of amides is 1. The highest BCUT2D eigenvalue weighted by Crippen LogP contribution is 2.41. The first-order valence-electron chi connectivity index (χ1n) is 14.4. The summed E-state index contributed by atoms with van der Waals surface area (Å²) in [5.41, 5.74) is -2.74. The SMILES string of the molecule is CC(C)(C)OC(=O)N1C[C@H](C(C)(C)O[SiH2]C(C)(C)C)C[C@H]1COc1c(F)c(F)cc2c(=O)c(C(=O)O)cn(C3CC3)c12. The van der Waals surface area contributed by atoms with Crippen molar-refractivity contribution >= 4 is 32.7 Å². The van der Waals surface area contributed by atoms with E-state index in [1.807, 2.05) is 13.8 Å². The van der Waals surface area contributed by atoms with Gasteiger partial charge < -0.3 is 28.5 Å². The molecule has 2 aromatic rings. The fourth-order valence-electron chi connectivity index (χ4n) is 5.18. The van der Waals surface area contributed by atoms with Gasteiger partial charge in [-0.15, -0.1) is 0 Å². The van der Waals surface area contributed by atoms with Gasteiger partial charge in [0.15, 0.2) is 21.3 Å². The predicted octanol–water partition coefficient (Wildman–Crippen LogP) is 5.41. The molecule has 2 aliphatic rings. The average molecular weight is 609 g/mol. The number of carbonyl (C=O) groups is 2. The molecule has 0 radical (unpaired) electrons. The number of carboxylic acids is 1. The molecule has 1 saturated heterocycles. The molecule has 0 bridgehead atoms. The Hall–Kier alpha value is -2.99. The first-order valence-corrected chi connectivity index (χ1v) is 15.6. The van der Waals surface area contributed by atoms with E-state index in [0.717, 1.165) is 6.07 Å². The van der Waals surface area contributed by atoms with Crippen molar-refractivity contribution < 1.29 is 37.4 Å². The van der Waals surface area contributed by atoms with E-state index in [-0.39, 0.29) is 34.5 Å². The van der Waals surface area contributed by atoms with Crippen molar-refractivity contribution in [1.29, 1.82) is 0 Å². The minimum absolute atomic E-state index is 0.00426. The highest BCUT2D eigenvalue weighted by atomic mass is 28.2. The Kier molecular flexibility index (Phi) is 8.56. The lowest BCUT2D eigenvalue weighted by atomic mass is 9.89. The predicted molar refractivity (Wildman–Crippen MR) is 157 cm³/mol. The summed E-state index contributed by atoms with van der Waals surface area (Å²) in [7, 11) is -0.907. The van der Waals surface area contributed by atoms with Gasteiger partial charge in [-0.25, -0.2) is 14.0 Å². The van der Waals surface area contributed by atoms with Crippen molar-refractivity contribution in [2.24, 2.45) is 5.92 Å². The van der Waals surface area contributed by atoms with Crippen LogP contribution in [0.15, 0.2) is 17.1 Å². The number of pyridine rings is 1. The number of benzene rings is 1. The molecule has 4 rings (SSSR count). The molecule has 1 aromatic carbocycles. The number of ether oxygens (including phenoxy) is 2. The van der Waals surface area contributed by atoms with E-state index in [9.17, 15) is 23.9 Å². The van der Waals surface area contributed by atoms with Crippen LogP contribution in [0.2, 0.25) is 5.04 Å². The molecule has 1 N–H and O–H groups in total. The third kappa shape index (κ3) is 6.96. The zero-order valence-corrected chi connectivity index (χ0v) is 27.1. The minimum atomic E-state index is -1.45. The Morgan fingerprint density at radius 2 is 1.74 bits per heavy atom. The van der Waals surface area contributed by atoms with Gasteiger partial charge in [-0.1, -0.05) is 20.8 Å². The molecular weight excluding hydrogens is 566 g/mol. The Bertz CT molecular complexity index is 1440. The lowest BCUT2D eigenvalue weighted by Gasteiger charge is -2.35. The van der Waals surface area contributed by atoms with Crippen LogP contribution in [0.5, 0.6) is 5.75 Å². The van der Waals surface area contributed by atoms with Crippen molar-refractivity contribution in [1.82, 2.24) is 9.47 Å². The summed E-state index contributed by atoms with van der Waals surface area (Å²) in [5.74, 6) is -4.61. The van der Waals surface area contributed by atoms with Crippen molar-refractivity contribution in [3.8, 4) is 5.75 Å². The Balaban J connectivity index is 1.70. The number of likely N-dealkylation sites (tertiary alicyclic amines) is 1. The van der Waals surface area contributed by atoms with E-state index < -0.39 is 67.4 Å². The number of rotatable bonds is 8. The summed E-state index contributed by atoms with van der Waals surface area (Å²) in [6.45, 7) is 15.8. The number of hydrogen-bond donors (Lipinski definition) is 1. The Morgan fingerprint density at radius 3 is 2.29 bits per heavy atom. The molecule has 1 aromatic heterocycles. The van der Waals surface area contributed by atoms with E-state index in [1.54, 1.807) is 25.7 Å². The second-order valence-electron chi connectivity index (χ2n) is 14.2. The van der Waals surface area contributed by atoms with Crippen molar-refractivity contribution in [2.75, 3.05) is 13.2 Å². The zero-order chi connectivity index (χ0) is 31.4. The maximum absolute atomic E-state index is 15.4. The van der Waals surface area contributed by atoms with E-state index in [1.165, 1.54) is 10.8 Å². The third-order valence-corrected chi connectivity index (χ3v) is 9.41. The van der Waals surface area contributed by atoms with Crippen molar-refractivity contribution in [2.45, 2.75) is 103 Å². The van der Waals surface area contributed by atoms with Gasteiger partial charge in [0.25, 0.3) is 0 Å². The fourth-order valence-corrected chi connectivity index (χ4v) is 6.22. The van der Waals surface area contributed by atoms with Gasteiger partial charge in [-0.05, 0) is 65.0 Å². The van der Waals surface area contributed by atoms with Gasteiger partial charge in [0.05, 0.1) is 22.5 Å². The number of aromatic carboxylic acids is 1. The Labute approximate surface area is 247 Å². The molecule has 0 unspecified atom stereocenters. The summed E-state index contributed by atoms with van der Waals surface area (Å²) in [5, 5.41) is 9.35. The van der Waals surface area contributed by atoms with Crippen LogP contribution in [-0.2, 0) is 9.16 Å². The number of carbonyl (C=O) groups excluding carboxylic acids is 1. The summed E-state index contributed by atoms with van der Waals surface area (Å²) in [4.78, 5) is 39.6.